The number of imide groups is 1. The summed E-state index contributed by atoms with van der Waals surface area (Å²) in [5, 5.41) is 13.1. The Morgan fingerprint density at radius 1 is 1.12 bits per heavy atom. The van der Waals surface area contributed by atoms with E-state index in [1.54, 1.807) is 6.07 Å². The monoisotopic (exact) mass is 437 g/mol. The normalized spacial score (nSPS) is 20.1. The quantitative estimate of drug-likeness (QED) is 0.308. The van der Waals surface area contributed by atoms with Crippen LogP contribution in [0.15, 0.2) is 60.2 Å². The van der Waals surface area contributed by atoms with Crippen LogP contribution in [0.4, 0.5) is 10.1 Å². The van der Waals surface area contributed by atoms with Crippen molar-refractivity contribution in [3.63, 3.8) is 0 Å². The van der Waals surface area contributed by atoms with Gasteiger partial charge in [-0.05, 0) is 31.9 Å². The van der Waals surface area contributed by atoms with E-state index in [1.807, 2.05) is 13.0 Å². The fourth-order valence-electron chi connectivity index (χ4n) is 4.23. The van der Waals surface area contributed by atoms with Gasteiger partial charge in [-0.3, -0.25) is 24.5 Å². The first-order chi connectivity index (χ1) is 15.3. The van der Waals surface area contributed by atoms with Gasteiger partial charge in [-0.15, -0.1) is 0 Å². The van der Waals surface area contributed by atoms with Crippen molar-refractivity contribution in [2.75, 3.05) is 0 Å². The van der Waals surface area contributed by atoms with Crippen molar-refractivity contribution < 1.29 is 23.7 Å². The molecule has 164 valence electrons. The molecule has 8 nitrogen and oxygen atoms in total. The summed E-state index contributed by atoms with van der Waals surface area (Å²) in [5.41, 5.74) is 0.285. The molecule has 0 spiro atoms. The van der Waals surface area contributed by atoms with Crippen molar-refractivity contribution in [1.82, 2.24) is 10.0 Å². The topological polar surface area (TPSA) is 101 Å². The third-order valence-corrected chi connectivity index (χ3v) is 5.88. The molecule has 1 aliphatic carbocycles. The zero-order valence-corrected chi connectivity index (χ0v) is 17.2. The average Bonchev–Trinajstić information content (AvgIpc) is 3.02. The number of allylic oxidation sites excluding steroid dienone is 2. The first-order valence-corrected chi connectivity index (χ1v) is 10.1. The number of hydrazine groups is 1. The van der Waals surface area contributed by atoms with Gasteiger partial charge < -0.3 is 0 Å². The van der Waals surface area contributed by atoms with Crippen LogP contribution in [0.25, 0.3) is 0 Å². The molecule has 0 N–H and O–H groups in total. The number of halogens is 1. The zero-order valence-electron chi connectivity index (χ0n) is 17.2. The molecule has 0 radical (unpaired) electrons. The van der Waals surface area contributed by atoms with Crippen molar-refractivity contribution in [3.05, 3.63) is 87.2 Å². The van der Waals surface area contributed by atoms with Gasteiger partial charge in [0.25, 0.3) is 23.4 Å². The first kappa shape index (κ1) is 21.4. The van der Waals surface area contributed by atoms with Gasteiger partial charge in [0.1, 0.15) is 11.4 Å². The van der Waals surface area contributed by atoms with Crippen LogP contribution >= 0.6 is 0 Å². The van der Waals surface area contributed by atoms with E-state index in [2.05, 4.69) is 0 Å². The van der Waals surface area contributed by atoms with E-state index in [0.717, 1.165) is 21.7 Å². The average molecular weight is 437 g/mol. The van der Waals surface area contributed by atoms with Crippen LogP contribution in [0.3, 0.4) is 0 Å². The second kappa shape index (κ2) is 8.33. The third-order valence-electron chi connectivity index (χ3n) is 5.88. The Labute approximate surface area is 183 Å². The van der Waals surface area contributed by atoms with Gasteiger partial charge in [0.05, 0.1) is 23.3 Å². The van der Waals surface area contributed by atoms with Gasteiger partial charge in [0.2, 0.25) is 0 Å². The fraction of sp³-hybridized carbons (Fsp3) is 0.261. The lowest BCUT2D eigenvalue weighted by Gasteiger charge is -2.30. The van der Waals surface area contributed by atoms with Crippen molar-refractivity contribution in [3.8, 4) is 0 Å². The van der Waals surface area contributed by atoms with Crippen LogP contribution in [-0.4, -0.2) is 32.7 Å². The Morgan fingerprint density at radius 2 is 1.78 bits per heavy atom. The third kappa shape index (κ3) is 3.66. The maximum Gasteiger partial charge on any atom is 0.282 e. The van der Waals surface area contributed by atoms with Crippen LogP contribution in [-0.2, 0) is 16.1 Å². The standard InChI is InChI=1S/C23H20FN3O5/c1-14-10-11-16-18(12-14)23(30)26(22(16)29)25(13-15-6-2-4-8-19(15)24)21(28)17-7-3-5-9-20(17)27(31)32/h2-10,16,18H,11-13H2,1H3/t16-,18+/m1/s1. The molecule has 0 aromatic heterocycles. The van der Waals surface area contributed by atoms with Gasteiger partial charge in [-0.1, -0.05) is 42.0 Å². The van der Waals surface area contributed by atoms with Gasteiger partial charge in [0, 0.05) is 11.6 Å². The Bertz CT molecular complexity index is 1160. The zero-order chi connectivity index (χ0) is 23.0. The van der Waals surface area contributed by atoms with Crippen molar-refractivity contribution in [1.29, 1.82) is 0 Å². The van der Waals surface area contributed by atoms with Crippen LogP contribution in [0.1, 0.15) is 35.7 Å². The molecule has 2 atom stereocenters. The molecule has 9 heteroatoms. The summed E-state index contributed by atoms with van der Waals surface area (Å²) in [6, 6.07) is 10.9. The van der Waals surface area contributed by atoms with Crippen LogP contribution in [0.2, 0.25) is 0 Å². The molecule has 1 aliphatic heterocycles. The maximum atomic E-state index is 14.4. The highest BCUT2D eigenvalue weighted by molar-refractivity contribution is 6.08. The minimum absolute atomic E-state index is 0.0733. The number of hydrogen-bond donors (Lipinski definition) is 0. The number of hydrogen-bond acceptors (Lipinski definition) is 5. The first-order valence-electron chi connectivity index (χ1n) is 10.1. The summed E-state index contributed by atoms with van der Waals surface area (Å²) in [5.74, 6) is -3.91. The lowest BCUT2D eigenvalue weighted by Crippen LogP contribution is -2.50. The Kier molecular flexibility index (Phi) is 5.56. The fourth-order valence-corrected chi connectivity index (χ4v) is 4.23. The number of rotatable bonds is 5. The lowest BCUT2D eigenvalue weighted by atomic mass is 9.82. The minimum atomic E-state index is -0.925. The number of benzene rings is 2. The number of nitro groups is 1. The van der Waals surface area contributed by atoms with E-state index in [1.165, 1.54) is 36.4 Å². The summed E-state index contributed by atoms with van der Waals surface area (Å²) in [6.07, 6.45) is 2.64. The summed E-state index contributed by atoms with van der Waals surface area (Å²) >= 11 is 0. The predicted octanol–water partition coefficient (Wildman–Crippen LogP) is 3.63. The molecule has 0 saturated carbocycles. The van der Waals surface area contributed by atoms with E-state index in [-0.39, 0.29) is 11.1 Å². The SMILES string of the molecule is CC1=CC[C@H]2C(=O)N(N(Cc3ccccc3F)C(=O)c3ccccc3[N+](=O)[O-])C(=O)[C@H]2C1. The van der Waals surface area contributed by atoms with E-state index in [4.69, 9.17) is 0 Å². The highest BCUT2D eigenvalue weighted by Crippen LogP contribution is 2.39. The summed E-state index contributed by atoms with van der Waals surface area (Å²) in [6.45, 7) is 1.44. The smallest absolute Gasteiger partial charge is 0.272 e. The van der Waals surface area contributed by atoms with Crippen LogP contribution in [0.5, 0.6) is 0 Å². The molecule has 2 aromatic carbocycles. The second-order valence-corrected chi connectivity index (χ2v) is 7.92. The Balaban J connectivity index is 1.78. The summed E-state index contributed by atoms with van der Waals surface area (Å²) in [7, 11) is 0. The molecule has 1 heterocycles. The van der Waals surface area contributed by atoms with Crippen molar-refractivity contribution in [2.24, 2.45) is 11.8 Å². The molecule has 1 saturated heterocycles. The van der Waals surface area contributed by atoms with Crippen molar-refractivity contribution in [2.45, 2.75) is 26.3 Å². The number of nitrogens with zero attached hydrogens (tertiary/aromatic N) is 3. The summed E-state index contributed by atoms with van der Waals surface area (Å²) in [4.78, 5) is 50.6. The van der Waals surface area contributed by atoms with Gasteiger partial charge >= 0.3 is 0 Å². The molecule has 2 aliphatic rings. The molecule has 0 bridgehead atoms. The molecule has 4 rings (SSSR count). The van der Waals surface area contributed by atoms with Crippen LogP contribution in [0, 0.1) is 27.8 Å². The predicted molar refractivity (Wildman–Crippen MR) is 111 cm³/mol. The number of carbonyl (C=O) groups is 3. The Morgan fingerprint density at radius 3 is 2.50 bits per heavy atom. The highest BCUT2D eigenvalue weighted by Gasteiger charge is 2.51. The number of para-hydroxylation sites is 1. The van der Waals surface area contributed by atoms with Gasteiger partial charge in [-0.25, -0.2) is 9.40 Å². The van der Waals surface area contributed by atoms with E-state index in [0.29, 0.717) is 12.8 Å². The van der Waals surface area contributed by atoms with Crippen LogP contribution < -0.4 is 0 Å². The number of amides is 3. The Hall–Kier alpha value is -3.88. The largest absolute Gasteiger partial charge is 0.282 e. The van der Waals surface area contributed by atoms with E-state index in [9.17, 15) is 28.9 Å². The molecule has 0 unspecified atom stereocenters. The number of nitro benzene ring substituents is 1. The molecule has 2 aromatic rings. The van der Waals surface area contributed by atoms with Gasteiger partial charge in [-0.2, -0.15) is 5.01 Å². The maximum absolute atomic E-state index is 14.4. The van der Waals surface area contributed by atoms with E-state index < -0.39 is 52.5 Å². The van der Waals surface area contributed by atoms with Crippen molar-refractivity contribution >= 4 is 23.4 Å². The minimum Gasteiger partial charge on any atom is -0.272 e. The summed E-state index contributed by atoms with van der Waals surface area (Å²) < 4.78 is 14.4. The second-order valence-electron chi connectivity index (χ2n) is 7.92. The molecular weight excluding hydrogens is 417 g/mol. The van der Waals surface area contributed by atoms with Gasteiger partial charge in [0.15, 0.2) is 0 Å². The molecular formula is C23H20FN3O5. The number of fused-ring (bicyclic) bond motifs is 1. The molecule has 1 fully saturated rings. The van der Waals surface area contributed by atoms with E-state index >= 15 is 0 Å². The highest BCUT2D eigenvalue weighted by atomic mass is 19.1. The number of carbonyl (C=O) groups excluding carboxylic acids is 3. The molecule has 32 heavy (non-hydrogen) atoms. The lowest BCUT2D eigenvalue weighted by molar-refractivity contribution is -0.385. The molecule has 3 amide bonds.